The number of hydrogen-bond donors (Lipinski definition) is 2. The third kappa shape index (κ3) is 1.03. The van der Waals surface area contributed by atoms with E-state index in [0.29, 0.717) is 0 Å². The number of piperidine rings is 1. The lowest BCUT2D eigenvalue weighted by Gasteiger charge is -2.54. The van der Waals surface area contributed by atoms with Crippen molar-refractivity contribution in [2.45, 2.75) is 12.0 Å². The maximum atomic E-state index is 4.21. The summed E-state index contributed by atoms with van der Waals surface area (Å²) in [5.74, 6) is 0.799. The minimum atomic E-state index is 0.187. The summed E-state index contributed by atoms with van der Waals surface area (Å²) in [5, 5.41) is 7.04. The Kier molecular flexibility index (Phi) is 1.82. The second-order valence-corrected chi connectivity index (χ2v) is 4.26. The molecule has 3 heteroatoms. The molecule has 0 amide bonds. The van der Waals surface area contributed by atoms with E-state index in [9.17, 15) is 0 Å². The van der Waals surface area contributed by atoms with Crippen molar-refractivity contribution in [3.05, 3.63) is 30.1 Å². The summed E-state index contributed by atoms with van der Waals surface area (Å²) in [6.45, 7) is 3.37. The van der Waals surface area contributed by atoms with E-state index >= 15 is 0 Å². The number of hydrogen-bond acceptors (Lipinski definition) is 3. The van der Waals surface area contributed by atoms with Crippen molar-refractivity contribution in [3.8, 4) is 0 Å². The Morgan fingerprint density at radius 1 is 1.50 bits per heavy atom. The van der Waals surface area contributed by atoms with Gasteiger partial charge in [-0.05, 0) is 30.5 Å². The summed E-state index contributed by atoms with van der Waals surface area (Å²) >= 11 is 0. The Morgan fingerprint density at radius 3 is 3.14 bits per heavy atom. The molecule has 0 aromatic carbocycles. The van der Waals surface area contributed by atoms with Crippen LogP contribution in [0.3, 0.4) is 0 Å². The number of aromatic nitrogens is 1. The molecule has 1 aromatic heterocycles. The van der Waals surface area contributed by atoms with E-state index in [1.165, 1.54) is 12.0 Å². The van der Waals surface area contributed by atoms with Gasteiger partial charge in [0.15, 0.2) is 0 Å². The quantitative estimate of drug-likeness (QED) is 0.675. The van der Waals surface area contributed by atoms with Crippen LogP contribution in [0.5, 0.6) is 0 Å². The highest BCUT2D eigenvalue weighted by molar-refractivity contribution is 5.28. The van der Waals surface area contributed by atoms with Gasteiger partial charge in [-0.1, -0.05) is 6.07 Å². The van der Waals surface area contributed by atoms with Gasteiger partial charge < -0.3 is 10.6 Å². The number of pyridine rings is 1. The molecule has 74 valence electrons. The highest BCUT2D eigenvalue weighted by atomic mass is 15.1. The summed E-state index contributed by atoms with van der Waals surface area (Å²) in [6, 6.07) is 4.20. The largest absolute Gasteiger partial charge is 0.315 e. The molecule has 2 saturated heterocycles. The molecule has 1 aromatic rings. The normalized spacial score (nSPS) is 35.9. The molecule has 0 saturated carbocycles. The van der Waals surface area contributed by atoms with Crippen molar-refractivity contribution < 1.29 is 0 Å². The van der Waals surface area contributed by atoms with E-state index in [1.807, 2.05) is 18.5 Å². The van der Waals surface area contributed by atoms with Gasteiger partial charge in [-0.25, -0.2) is 0 Å². The Balaban J connectivity index is 1.96. The van der Waals surface area contributed by atoms with E-state index in [0.717, 1.165) is 25.6 Å². The number of nitrogens with one attached hydrogen (secondary N) is 2. The van der Waals surface area contributed by atoms with Gasteiger partial charge in [0.05, 0.1) is 5.54 Å². The van der Waals surface area contributed by atoms with Crippen LogP contribution in [-0.4, -0.2) is 24.6 Å². The molecule has 2 atom stereocenters. The van der Waals surface area contributed by atoms with Crippen molar-refractivity contribution in [1.29, 1.82) is 0 Å². The molecule has 3 heterocycles. The first kappa shape index (κ1) is 8.38. The highest BCUT2D eigenvalue weighted by Crippen LogP contribution is 2.39. The van der Waals surface area contributed by atoms with Crippen LogP contribution in [0.4, 0.5) is 0 Å². The van der Waals surface area contributed by atoms with Crippen molar-refractivity contribution in [2.75, 3.05) is 19.6 Å². The van der Waals surface area contributed by atoms with Gasteiger partial charge in [-0.15, -0.1) is 0 Å². The fourth-order valence-electron chi connectivity index (χ4n) is 2.68. The average Bonchev–Trinajstić information content (AvgIpc) is 2.22. The molecule has 2 unspecified atom stereocenters. The topological polar surface area (TPSA) is 37.0 Å². The average molecular weight is 189 g/mol. The van der Waals surface area contributed by atoms with Gasteiger partial charge in [0.2, 0.25) is 0 Å². The predicted octanol–water partition coefficient (Wildman–Crippen LogP) is 0.490. The fourth-order valence-corrected chi connectivity index (χ4v) is 2.68. The van der Waals surface area contributed by atoms with Gasteiger partial charge in [0.1, 0.15) is 0 Å². The lowest BCUT2D eigenvalue weighted by Crippen LogP contribution is -2.69. The van der Waals surface area contributed by atoms with E-state index in [1.54, 1.807) is 0 Å². The minimum Gasteiger partial charge on any atom is -0.315 e. The SMILES string of the molecule is c1cncc(C23CNCCC2CN3)c1. The van der Waals surface area contributed by atoms with E-state index in [2.05, 4.69) is 21.7 Å². The van der Waals surface area contributed by atoms with E-state index in [4.69, 9.17) is 0 Å². The summed E-state index contributed by atoms with van der Waals surface area (Å²) in [5.41, 5.74) is 1.52. The maximum absolute atomic E-state index is 4.21. The molecule has 2 aliphatic heterocycles. The van der Waals surface area contributed by atoms with Crippen LogP contribution >= 0.6 is 0 Å². The second-order valence-electron chi connectivity index (χ2n) is 4.26. The van der Waals surface area contributed by atoms with Crippen molar-refractivity contribution in [2.24, 2.45) is 5.92 Å². The Hall–Kier alpha value is -0.930. The maximum Gasteiger partial charge on any atom is 0.0617 e. The Bertz CT molecular complexity index is 325. The molecule has 0 bridgehead atoms. The van der Waals surface area contributed by atoms with Gasteiger partial charge in [-0.3, -0.25) is 4.98 Å². The second kappa shape index (κ2) is 3.04. The summed E-state index contributed by atoms with van der Waals surface area (Å²) in [4.78, 5) is 4.21. The number of rotatable bonds is 1. The first-order valence-corrected chi connectivity index (χ1v) is 5.28. The van der Waals surface area contributed by atoms with Crippen LogP contribution in [0, 0.1) is 5.92 Å². The monoisotopic (exact) mass is 189 g/mol. The zero-order chi connectivity index (χ0) is 9.43. The van der Waals surface area contributed by atoms with Gasteiger partial charge in [0, 0.05) is 25.5 Å². The predicted molar refractivity (Wildman–Crippen MR) is 54.9 cm³/mol. The first-order valence-electron chi connectivity index (χ1n) is 5.28. The van der Waals surface area contributed by atoms with Crippen LogP contribution in [0.25, 0.3) is 0 Å². The van der Waals surface area contributed by atoms with E-state index in [-0.39, 0.29) is 5.54 Å². The Morgan fingerprint density at radius 2 is 2.50 bits per heavy atom. The molecular formula is C11H15N3. The van der Waals surface area contributed by atoms with Gasteiger partial charge in [0.25, 0.3) is 0 Å². The fraction of sp³-hybridized carbons (Fsp3) is 0.545. The van der Waals surface area contributed by atoms with Crippen molar-refractivity contribution in [3.63, 3.8) is 0 Å². The molecule has 0 spiro atoms. The summed E-state index contributed by atoms with van der Waals surface area (Å²) < 4.78 is 0. The van der Waals surface area contributed by atoms with Gasteiger partial charge in [-0.2, -0.15) is 0 Å². The lowest BCUT2D eigenvalue weighted by molar-refractivity contribution is 0.0621. The summed E-state index contributed by atoms with van der Waals surface area (Å²) in [6.07, 6.45) is 5.11. The smallest absolute Gasteiger partial charge is 0.0617 e. The molecule has 3 nitrogen and oxygen atoms in total. The zero-order valence-electron chi connectivity index (χ0n) is 8.16. The molecule has 2 fully saturated rings. The Labute approximate surface area is 83.9 Å². The van der Waals surface area contributed by atoms with Crippen LogP contribution in [0.1, 0.15) is 12.0 Å². The number of fused-ring (bicyclic) bond motifs is 1. The lowest BCUT2D eigenvalue weighted by atomic mass is 9.68. The number of nitrogens with zero attached hydrogens (tertiary/aromatic N) is 1. The van der Waals surface area contributed by atoms with Crippen LogP contribution < -0.4 is 10.6 Å². The third-order valence-corrected chi connectivity index (χ3v) is 3.61. The van der Waals surface area contributed by atoms with Crippen molar-refractivity contribution in [1.82, 2.24) is 15.6 Å². The zero-order valence-corrected chi connectivity index (χ0v) is 8.16. The van der Waals surface area contributed by atoms with Crippen molar-refractivity contribution >= 4 is 0 Å². The molecule has 2 aliphatic rings. The molecular weight excluding hydrogens is 174 g/mol. The molecule has 14 heavy (non-hydrogen) atoms. The molecule has 3 rings (SSSR count). The van der Waals surface area contributed by atoms with Crippen LogP contribution in [-0.2, 0) is 5.54 Å². The van der Waals surface area contributed by atoms with Gasteiger partial charge >= 0.3 is 0 Å². The standard InChI is InChI=1S/C11H15N3/c1-2-9(6-12-4-1)11-8-13-5-3-10(11)7-14-11/h1-2,4,6,10,13-14H,3,5,7-8H2. The summed E-state index contributed by atoms with van der Waals surface area (Å²) in [7, 11) is 0. The molecule has 0 aliphatic carbocycles. The first-order chi connectivity index (χ1) is 6.92. The van der Waals surface area contributed by atoms with Crippen LogP contribution in [0.2, 0.25) is 0 Å². The van der Waals surface area contributed by atoms with E-state index < -0.39 is 0 Å². The molecule has 0 radical (unpaired) electrons. The van der Waals surface area contributed by atoms with Crippen LogP contribution in [0.15, 0.2) is 24.5 Å². The molecule has 2 N–H and O–H groups in total. The highest BCUT2D eigenvalue weighted by Gasteiger charge is 2.48. The third-order valence-electron chi connectivity index (χ3n) is 3.61. The minimum absolute atomic E-state index is 0.187.